The largest absolute Gasteiger partial charge is 0.391 e. The van der Waals surface area contributed by atoms with Crippen LogP contribution in [0.4, 0.5) is 5.82 Å². The number of aliphatic hydroxyl groups is 1. The zero-order valence-corrected chi connectivity index (χ0v) is 15.8. The van der Waals surface area contributed by atoms with E-state index in [1.54, 1.807) is 12.1 Å². The second-order valence-electron chi connectivity index (χ2n) is 8.26. The molecule has 0 aromatic carbocycles. The van der Waals surface area contributed by atoms with Crippen LogP contribution in [0.2, 0.25) is 0 Å². The molecule has 2 saturated carbocycles. The monoisotopic (exact) mass is 374 g/mol. The fourth-order valence-corrected chi connectivity index (χ4v) is 4.41. The molecule has 1 aromatic heterocycles. The summed E-state index contributed by atoms with van der Waals surface area (Å²) in [6.45, 7) is 1.50. The van der Waals surface area contributed by atoms with Crippen molar-refractivity contribution in [2.75, 3.05) is 18.0 Å². The van der Waals surface area contributed by atoms with E-state index in [-0.39, 0.29) is 29.5 Å². The molecule has 2 heterocycles. The maximum Gasteiger partial charge on any atom is 0.267 e. The fraction of sp³-hybridized carbons (Fsp3) is 0.750. The van der Waals surface area contributed by atoms with Crippen molar-refractivity contribution in [2.24, 2.45) is 5.92 Å². The molecule has 1 saturated heterocycles. The summed E-state index contributed by atoms with van der Waals surface area (Å²) in [5.41, 5.74) is -0.153. The number of piperidine rings is 1. The Morgan fingerprint density at radius 1 is 1.11 bits per heavy atom. The first kappa shape index (κ1) is 18.5. The van der Waals surface area contributed by atoms with E-state index in [2.05, 4.69) is 15.3 Å². The molecule has 1 aliphatic heterocycles. The summed E-state index contributed by atoms with van der Waals surface area (Å²) in [7, 11) is 0. The van der Waals surface area contributed by atoms with Crippen LogP contribution in [-0.2, 0) is 4.79 Å². The van der Waals surface area contributed by atoms with Crippen molar-refractivity contribution in [1.29, 1.82) is 0 Å². The van der Waals surface area contributed by atoms with Gasteiger partial charge in [-0.05, 0) is 51.0 Å². The topological polar surface area (TPSA) is 87.5 Å². The average Bonchev–Trinajstić information content (AvgIpc) is 3.53. The van der Waals surface area contributed by atoms with E-state index in [9.17, 15) is 14.7 Å². The lowest BCUT2D eigenvalue weighted by molar-refractivity contribution is -0.122. The standard InChI is InChI=1S/C20H30N4O3/c25-17-7-2-1-6-16(17)24-19(26)11-10-18(22-24)23-12-4-3-5-15(23)13-21-20(27)14-8-9-14/h10-11,14-17,25H,1-9,12-13H2,(H,21,27). The number of nitrogens with one attached hydrogen (secondary N) is 1. The first-order valence-electron chi connectivity index (χ1n) is 10.5. The second kappa shape index (κ2) is 8.00. The molecular weight excluding hydrogens is 344 g/mol. The third-order valence-electron chi connectivity index (χ3n) is 6.20. The van der Waals surface area contributed by atoms with E-state index in [1.807, 2.05) is 0 Å². The predicted octanol–water partition coefficient (Wildman–Crippen LogP) is 1.60. The average molecular weight is 374 g/mol. The number of carbonyl (C=O) groups excluding carboxylic acids is 1. The molecule has 1 amide bonds. The fourth-order valence-electron chi connectivity index (χ4n) is 4.41. The Hall–Kier alpha value is -1.89. The van der Waals surface area contributed by atoms with Gasteiger partial charge in [0.1, 0.15) is 5.82 Å². The number of carbonyl (C=O) groups is 1. The van der Waals surface area contributed by atoms with Crippen molar-refractivity contribution in [3.8, 4) is 0 Å². The number of rotatable bonds is 5. The minimum atomic E-state index is -0.505. The highest BCUT2D eigenvalue weighted by Crippen LogP contribution is 2.30. The van der Waals surface area contributed by atoms with Crippen LogP contribution in [0.3, 0.4) is 0 Å². The van der Waals surface area contributed by atoms with Gasteiger partial charge in [0.25, 0.3) is 5.56 Å². The molecule has 2 aliphatic carbocycles. The lowest BCUT2D eigenvalue weighted by atomic mass is 9.93. The van der Waals surface area contributed by atoms with Crippen molar-refractivity contribution >= 4 is 11.7 Å². The van der Waals surface area contributed by atoms with Crippen molar-refractivity contribution in [1.82, 2.24) is 15.1 Å². The zero-order valence-electron chi connectivity index (χ0n) is 15.8. The first-order valence-corrected chi connectivity index (χ1v) is 10.5. The summed E-state index contributed by atoms with van der Waals surface area (Å²) >= 11 is 0. The maximum atomic E-state index is 12.4. The SMILES string of the molecule is O=C(NCC1CCCCN1c1ccc(=O)n(C2CCCCC2O)n1)C1CC1. The number of amides is 1. The van der Waals surface area contributed by atoms with Gasteiger partial charge in [0, 0.05) is 31.1 Å². The third kappa shape index (κ3) is 4.18. The van der Waals surface area contributed by atoms with Gasteiger partial charge >= 0.3 is 0 Å². The van der Waals surface area contributed by atoms with E-state index in [1.165, 1.54) is 4.68 Å². The lowest BCUT2D eigenvalue weighted by Gasteiger charge is -2.37. The van der Waals surface area contributed by atoms with Gasteiger partial charge in [-0.2, -0.15) is 5.10 Å². The van der Waals surface area contributed by atoms with E-state index in [0.29, 0.717) is 6.54 Å². The van der Waals surface area contributed by atoms with Gasteiger partial charge in [0.05, 0.1) is 12.1 Å². The van der Waals surface area contributed by atoms with Crippen LogP contribution in [-0.4, -0.2) is 46.0 Å². The number of hydrogen-bond acceptors (Lipinski definition) is 5. The minimum Gasteiger partial charge on any atom is -0.391 e. The molecule has 0 radical (unpaired) electrons. The van der Waals surface area contributed by atoms with Crippen molar-refractivity contribution < 1.29 is 9.90 Å². The Balaban J connectivity index is 1.52. The summed E-state index contributed by atoms with van der Waals surface area (Å²) < 4.78 is 1.49. The Kier molecular flexibility index (Phi) is 5.48. The molecule has 3 unspecified atom stereocenters. The highest BCUT2D eigenvalue weighted by atomic mass is 16.3. The lowest BCUT2D eigenvalue weighted by Crippen LogP contribution is -2.48. The number of nitrogens with zero attached hydrogens (tertiary/aromatic N) is 3. The summed E-state index contributed by atoms with van der Waals surface area (Å²) in [6.07, 6.45) is 8.28. The van der Waals surface area contributed by atoms with E-state index >= 15 is 0 Å². The van der Waals surface area contributed by atoms with E-state index in [0.717, 1.165) is 70.2 Å². The number of anilines is 1. The van der Waals surface area contributed by atoms with Gasteiger partial charge in [0.15, 0.2) is 0 Å². The summed E-state index contributed by atoms with van der Waals surface area (Å²) in [5.74, 6) is 1.16. The molecule has 2 N–H and O–H groups in total. The van der Waals surface area contributed by atoms with Gasteiger partial charge in [-0.3, -0.25) is 9.59 Å². The molecular formula is C20H30N4O3. The molecule has 0 spiro atoms. The molecule has 3 aliphatic rings. The van der Waals surface area contributed by atoms with Crippen molar-refractivity contribution in [3.05, 3.63) is 22.5 Å². The molecule has 3 atom stereocenters. The zero-order chi connectivity index (χ0) is 18.8. The van der Waals surface area contributed by atoms with Gasteiger partial charge in [-0.25, -0.2) is 4.68 Å². The molecule has 0 bridgehead atoms. The smallest absolute Gasteiger partial charge is 0.267 e. The molecule has 7 heteroatoms. The van der Waals surface area contributed by atoms with Crippen LogP contribution in [0.15, 0.2) is 16.9 Å². The van der Waals surface area contributed by atoms with Crippen molar-refractivity contribution in [2.45, 2.75) is 76.0 Å². The van der Waals surface area contributed by atoms with Crippen LogP contribution in [0.25, 0.3) is 0 Å². The highest BCUT2D eigenvalue weighted by molar-refractivity contribution is 5.80. The highest BCUT2D eigenvalue weighted by Gasteiger charge is 2.32. The van der Waals surface area contributed by atoms with Gasteiger partial charge in [-0.1, -0.05) is 12.8 Å². The van der Waals surface area contributed by atoms with Crippen LogP contribution in [0, 0.1) is 5.92 Å². The van der Waals surface area contributed by atoms with Crippen LogP contribution in [0.1, 0.15) is 63.8 Å². The van der Waals surface area contributed by atoms with E-state index < -0.39 is 6.10 Å². The van der Waals surface area contributed by atoms with Crippen LogP contribution < -0.4 is 15.8 Å². The molecule has 3 fully saturated rings. The molecule has 4 rings (SSSR count). The van der Waals surface area contributed by atoms with Gasteiger partial charge < -0.3 is 15.3 Å². The summed E-state index contributed by atoms with van der Waals surface area (Å²) in [5, 5.41) is 18.1. The number of aliphatic hydroxyl groups excluding tert-OH is 1. The quantitative estimate of drug-likeness (QED) is 0.817. The minimum absolute atomic E-state index is 0.153. The van der Waals surface area contributed by atoms with E-state index in [4.69, 9.17) is 0 Å². The first-order chi connectivity index (χ1) is 13.1. The van der Waals surface area contributed by atoms with Gasteiger partial charge in [0.2, 0.25) is 5.91 Å². The van der Waals surface area contributed by atoms with Gasteiger partial charge in [-0.15, -0.1) is 0 Å². The number of hydrogen-bond donors (Lipinski definition) is 2. The summed E-state index contributed by atoms with van der Waals surface area (Å²) in [4.78, 5) is 26.6. The molecule has 148 valence electrons. The maximum absolute atomic E-state index is 12.4. The second-order valence-corrected chi connectivity index (χ2v) is 8.26. The Labute approximate surface area is 159 Å². The third-order valence-corrected chi connectivity index (χ3v) is 6.20. The number of aromatic nitrogens is 2. The predicted molar refractivity (Wildman–Crippen MR) is 103 cm³/mol. The van der Waals surface area contributed by atoms with Crippen LogP contribution in [0.5, 0.6) is 0 Å². The Morgan fingerprint density at radius 2 is 1.89 bits per heavy atom. The molecule has 7 nitrogen and oxygen atoms in total. The van der Waals surface area contributed by atoms with Crippen molar-refractivity contribution in [3.63, 3.8) is 0 Å². The normalized spacial score (nSPS) is 28.8. The molecule has 1 aromatic rings. The Bertz CT molecular complexity index is 730. The molecule has 27 heavy (non-hydrogen) atoms. The summed E-state index contributed by atoms with van der Waals surface area (Å²) in [6, 6.07) is 3.33. The van der Waals surface area contributed by atoms with Crippen LogP contribution >= 0.6 is 0 Å². The Morgan fingerprint density at radius 3 is 2.67 bits per heavy atom.